The molecule has 0 saturated heterocycles. The minimum atomic E-state index is -0.666. The quantitative estimate of drug-likeness (QED) is 0.569. The summed E-state index contributed by atoms with van der Waals surface area (Å²) in [4.78, 5) is 38.1. The average molecular weight is 395 g/mol. The van der Waals surface area contributed by atoms with E-state index >= 15 is 0 Å². The molecule has 2 aromatic rings. The number of carbonyl (C=O) groups excluding carboxylic acids is 3. The number of benzene rings is 2. The monoisotopic (exact) mass is 395 g/mol. The number of nitrogens with zero attached hydrogens (tertiary/aromatic N) is 1. The van der Waals surface area contributed by atoms with Gasteiger partial charge in [-0.2, -0.15) is 0 Å². The molecular formula is C22H21NO6. The van der Waals surface area contributed by atoms with Crippen molar-refractivity contribution in [1.29, 1.82) is 0 Å². The van der Waals surface area contributed by atoms with Gasteiger partial charge in [-0.05, 0) is 24.6 Å². The molecule has 7 nitrogen and oxygen atoms in total. The number of Topliss-reactive ketones (excluding diaryl/α,β-unsaturated/α-hetero) is 1. The van der Waals surface area contributed by atoms with E-state index in [1.54, 1.807) is 23.1 Å². The molecule has 1 heterocycles. The molecule has 0 aromatic heterocycles. The van der Waals surface area contributed by atoms with Crippen LogP contribution in [0.2, 0.25) is 0 Å². The highest BCUT2D eigenvalue weighted by molar-refractivity contribution is 6.04. The third kappa shape index (κ3) is 4.05. The molecule has 0 bridgehead atoms. The molecule has 0 amide bonds. The number of hydrogen-bond donors (Lipinski definition) is 0. The van der Waals surface area contributed by atoms with Crippen LogP contribution >= 0.6 is 0 Å². The Balaban J connectivity index is 2.18. The van der Waals surface area contributed by atoms with Gasteiger partial charge < -0.3 is 19.1 Å². The van der Waals surface area contributed by atoms with Gasteiger partial charge in [-0.3, -0.25) is 4.79 Å². The van der Waals surface area contributed by atoms with Crippen molar-refractivity contribution in [3.05, 3.63) is 65.4 Å². The zero-order valence-electron chi connectivity index (χ0n) is 16.4. The summed E-state index contributed by atoms with van der Waals surface area (Å²) >= 11 is 0. The van der Waals surface area contributed by atoms with Gasteiger partial charge in [0.15, 0.2) is 5.78 Å². The summed E-state index contributed by atoms with van der Waals surface area (Å²) in [5.41, 5.74) is 2.92. The van der Waals surface area contributed by atoms with Crippen LogP contribution in [0.3, 0.4) is 0 Å². The third-order valence-electron chi connectivity index (χ3n) is 4.61. The van der Waals surface area contributed by atoms with Gasteiger partial charge in [0.05, 0.1) is 32.1 Å². The molecule has 150 valence electrons. The average Bonchev–Trinajstić information content (AvgIpc) is 2.77. The Morgan fingerprint density at radius 1 is 0.966 bits per heavy atom. The predicted octanol–water partition coefficient (Wildman–Crippen LogP) is 2.95. The van der Waals surface area contributed by atoms with E-state index < -0.39 is 11.9 Å². The molecule has 0 atom stereocenters. The van der Waals surface area contributed by atoms with Gasteiger partial charge in [-0.15, -0.1) is 0 Å². The van der Waals surface area contributed by atoms with Crippen LogP contribution in [-0.4, -0.2) is 45.3 Å². The van der Waals surface area contributed by atoms with Crippen LogP contribution in [0.15, 0.2) is 59.8 Å². The van der Waals surface area contributed by atoms with E-state index in [1.807, 2.05) is 30.3 Å². The van der Waals surface area contributed by atoms with Gasteiger partial charge in [0, 0.05) is 11.1 Å². The van der Waals surface area contributed by atoms with Crippen molar-refractivity contribution in [2.75, 3.05) is 32.5 Å². The molecule has 29 heavy (non-hydrogen) atoms. The van der Waals surface area contributed by atoms with Crippen molar-refractivity contribution in [3.63, 3.8) is 0 Å². The van der Waals surface area contributed by atoms with Gasteiger partial charge in [0.2, 0.25) is 0 Å². The molecule has 7 heteroatoms. The van der Waals surface area contributed by atoms with E-state index in [2.05, 4.69) is 0 Å². The van der Waals surface area contributed by atoms with E-state index in [-0.39, 0.29) is 30.4 Å². The molecule has 3 rings (SSSR count). The van der Waals surface area contributed by atoms with Gasteiger partial charge in [0.25, 0.3) is 0 Å². The van der Waals surface area contributed by atoms with E-state index in [4.69, 9.17) is 14.2 Å². The summed E-state index contributed by atoms with van der Waals surface area (Å²) in [6.07, 6.45) is 0. The van der Waals surface area contributed by atoms with Crippen LogP contribution in [0.25, 0.3) is 11.1 Å². The summed E-state index contributed by atoms with van der Waals surface area (Å²) in [5, 5.41) is 0. The van der Waals surface area contributed by atoms with E-state index in [0.29, 0.717) is 11.3 Å². The first-order chi connectivity index (χ1) is 14.0. The third-order valence-corrected chi connectivity index (χ3v) is 4.61. The number of para-hydroxylation sites is 1. The topological polar surface area (TPSA) is 82.1 Å². The van der Waals surface area contributed by atoms with Crippen molar-refractivity contribution >= 4 is 23.4 Å². The smallest absolute Gasteiger partial charge is 0.355 e. The van der Waals surface area contributed by atoms with Gasteiger partial charge in [0.1, 0.15) is 12.4 Å². The lowest BCUT2D eigenvalue weighted by Crippen LogP contribution is -2.39. The molecule has 0 saturated carbocycles. The molecule has 0 radical (unpaired) electrons. The van der Waals surface area contributed by atoms with Gasteiger partial charge in [-0.25, -0.2) is 9.59 Å². The van der Waals surface area contributed by atoms with Gasteiger partial charge in [-0.1, -0.05) is 36.4 Å². The maximum Gasteiger partial charge on any atom is 0.355 e. The fourth-order valence-corrected chi connectivity index (χ4v) is 3.19. The molecule has 1 aliphatic rings. The number of methoxy groups -OCH3 is 2. The molecule has 0 aliphatic carbocycles. The highest BCUT2D eigenvalue weighted by atomic mass is 16.5. The van der Waals surface area contributed by atoms with E-state index in [9.17, 15) is 14.4 Å². The zero-order valence-corrected chi connectivity index (χ0v) is 16.4. The molecule has 0 unspecified atom stereocenters. The number of ether oxygens (including phenoxy) is 3. The summed E-state index contributed by atoms with van der Waals surface area (Å²) in [7, 11) is 2.49. The normalized spacial score (nSPS) is 13.8. The van der Waals surface area contributed by atoms with Crippen LogP contribution in [-0.2, 0) is 23.8 Å². The van der Waals surface area contributed by atoms with E-state index in [1.165, 1.54) is 21.1 Å². The fourth-order valence-electron chi connectivity index (χ4n) is 3.19. The van der Waals surface area contributed by atoms with E-state index in [0.717, 1.165) is 11.1 Å². The number of carbonyl (C=O) groups is 3. The maximum atomic E-state index is 12.5. The summed E-state index contributed by atoms with van der Waals surface area (Å²) in [5.74, 6) is -1.37. The highest BCUT2D eigenvalue weighted by Gasteiger charge is 2.33. The zero-order chi connectivity index (χ0) is 21.0. The molecule has 2 aromatic carbocycles. The maximum absolute atomic E-state index is 12.5. The Morgan fingerprint density at radius 3 is 2.38 bits per heavy atom. The number of esters is 2. The van der Waals surface area contributed by atoms with Crippen LogP contribution in [0.1, 0.15) is 17.3 Å². The SMILES string of the molecule is COC(=O)C1=C(C(=O)OC)N(c2ccccc2-c2cccc(C(C)=O)c2)COC1. The number of hydrogen-bond acceptors (Lipinski definition) is 7. The number of rotatable bonds is 5. The summed E-state index contributed by atoms with van der Waals surface area (Å²) in [6, 6.07) is 14.5. The van der Waals surface area contributed by atoms with Crippen molar-refractivity contribution in [2.24, 2.45) is 0 Å². The minimum absolute atomic E-state index is 0.0474. The lowest BCUT2D eigenvalue weighted by Gasteiger charge is -2.32. The minimum Gasteiger partial charge on any atom is -0.466 e. The molecule has 1 aliphatic heterocycles. The lowest BCUT2D eigenvalue weighted by molar-refractivity contribution is -0.140. The largest absolute Gasteiger partial charge is 0.466 e. The van der Waals surface area contributed by atoms with Crippen molar-refractivity contribution in [3.8, 4) is 11.1 Å². The van der Waals surface area contributed by atoms with Crippen LogP contribution in [0, 0.1) is 0 Å². The first-order valence-electron chi connectivity index (χ1n) is 8.93. The molecule has 0 fully saturated rings. The first kappa shape index (κ1) is 20.3. The molecule has 0 N–H and O–H groups in total. The van der Waals surface area contributed by atoms with Crippen molar-refractivity contribution in [2.45, 2.75) is 6.92 Å². The van der Waals surface area contributed by atoms with Crippen molar-refractivity contribution in [1.82, 2.24) is 0 Å². The fraction of sp³-hybridized carbons (Fsp3) is 0.227. The number of anilines is 1. The van der Waals surface area contributed by atoms with Gasteiger partial charge >= 0.3 is 11.9 Å². The predicted molar refractivity (Wildman–Crippen MR) is 106 cm³/mol. The highest BCUT2D eigenvalue weighted by Crippen LogP contribution is 2.35. The summed E-state index contributed by atoms with van der Waals surface area (Å²) in [6.45, 7) is 1.49. The molecular weight excluding hydrogens is 374 g/mol. The Labute approximate surface area is 168 Å². The second-order valence-electron chi connectivity index (χ2n) is 6.37. The Kier molecular flexibility index (Phi) is 6.09. The summed E-state index contributed by atoms with van der Waals surface area (Å²) < 4.78 is 15.3. The Morgan fingerprint density at radius 2 is 1.69 bits per heavy atom. The second-order valence-corrected chi connectivity index (χ2v) is 6.37. The lowest BCUT2D eigenvalue weighted by atomic mass is 9.99. The number of ketones is 1. The van der Waals surface area contributed by atoms with Crippen LogP contribution in [0.5, 0.6) is 0 Å². The van der Waals surface area contributed by atoms with Crippen LogP contribution < -0.4 is 4.90 Å². The van der Waals surface area contributed by atoms with Crippen LogP contribution in [0.4, 0.5) is 5.69 Å². The first-order valence-corrected chi connectivity index (χ1v) is 8.93. The Bertz CT molecular complexity index is 994. The molecule has 0 spiro atoms. The standard InChI is InChI=1S/C22H21NO6/c1-14(24)15-7-6-8-16(11-15)17-9-4-5-10-19(17)23-13-29-12-18(21(25)27-2)20(23)22(26)28-3/h4-11H,12-13H2,1-3H3. The van der Waals surface area contributed by atoms with Crippen molar-refractivity contribution < 1.29 is 28.6 Å². The second kappa shape index (κ2) is 8.70. The Hall–Kier alpha value is -3.45.